The van der Waals surface area contributed by atoms with Crippen molar-refractivity contribution in [3.05, 3.63) is 24.3 Å². The molecule has 0 radical (unpaired) electrons. The molecule has 2 atom stereocenters. The van der Waals surface area contributed by atoms with Crippen LogP contribution >= 0.6 is 0 Å². The number of allylic oxidation sites excluding steroid dienone is 4. The molecule has 0 rings (SSSR count). The molecule has 270 valence electrons. The van der Waals surface area contributed by atoms with Crippen molar-refractivity contribution < 1.29 is 38.5 Å². The first-order valence-corrected chi connectivity index (χ1v) is 18.6. The average molecular weight is 655 g/mol. The van der Waals surface area contributed by atoms with Gasteiger partial charge in [0.2, 0.25) is 0 Å². The van der Waals surface area contributed by atoms with Gasteiger partial charge in [0.05, 0.1) is 34.4 Å². The van der Waals surface area contributed by atoms with E-state index in [1.807, 2.05) is 21.1 Å². The van der Waals surface area contributed by atoms with Gasteiger partial charge >= 0.3 is 11.9 Å². The molecule has 0 aliphatic carbocycles. The summed E-state index contributed by atoms with van der Waals surface area (Å²) >= 11 is 0. The van der Waals surface area contributed by atoms with E-state index < -0.39 is 18.4 Å². The van der Waals surface area contributed by atoms with Gasteiger partial charge in [0.25, 0.3) is 6.29 Å². The van der Waals surface area contributed by atoms with Crippen molar-refractivity contribution in [1.29, 1.82) is 0 Å². The Hall–Kier alpha value is -1.74. The standard InChI is InChI=1S/C38H71NO7/c1-5-6-7-8-9-10-11-12-13-14-15-16-17-18-19-20-21-22-23-24-25-26-27-28-29-30-36(41)45-33-35(40)34-46-38(37(42)43)44-32-31-39(2,3)4/h11-12,14-15,35,38,40H,5-10,13,16-34H2,1-4H3/p+1/b12-11-,15-14-. The summed E-state index contributed by atoms with van der Waals surface area (Å²) in [7, 11) is 5.92. The number of hydrogen-bond acceptors (Lipinski definition) is 6. The number of carboxylic acid groups (broad SMARTS) is 1. The fourth-order valence-corrected chi connectivity index (χ4v) is 4.98. The van der Waals surface area contributed by atoms with Gasteiger partial charge in [-0.05, 0) is 38.5 Å². The number of hydrogen-bond donors (Lipinski definition) is 2. The molecule has 8 heteroatoms. The van der Waals surface area contributed by atoms with E-state index in [0.717, 1.165) is 25.7 Å². The SMILES string of the molecule is CCCCCCC/C=C\C/C=C\CCCCCCCCCCCCCCCC(=O)OCC(O)COC(OCC[N+](C)(C)C)C(=O)O. The number of rotatable bonds is 34. The lowest BCUT2D eigenvalue weighted by molar-refractivity contribution is -0.870. The van der Waals surface area contributed by atoms with Crippen molar-refractivity contribution in [1.82, 2.24) is 0 Å². The number of aliphatic hydroxyl groups is 1. The molecule has 2 unspecified atom stereocenters. The number of likely N-dealkylation sites (N-methyl/N-ethyl adjacent to an activating group) is 1. The topological polar surface area (TPSA) is 102 Å². The zero-order valence-electron chi connectivity index (χ0n) is 30.2. The molecular weight excluding hydrogens is 582 g/mol. The normalized spacial score (nSPS) is 13.5. The summed E-state index contributed by atoms with van der Waals surface area (Å²) in [4.78, 5) is 23.2. The second-order valence-corrected chi connectivity index (χ2v) is 13.7. The quantitative estimate of drug-likeness (QED) is 0.0235. The van der Waals surface area contributed by atoms with Crippen LogP contribution in [-0.2, 0) is 23.8 Å². The van der Waals surface area contributed by atoms with E-state index >= 15 is 0 Å². The van der Waals surface area contributed by atoms with Crippen LogP contribution in [-0.4, -0.2) is 86.5 Å². The molecular formula is C38H72NO7+. The highest BCUT2D eigenvalue weighted by Crippen LogP contribution is 2.14. The molecule has 0 saturated heterocycles. The van der Waals surface area contributed by atoms with Crippen molar-refractivity contribution in [2.75, 3.05) is 47.5 Å². The lowest BCUT2D eigenvalue weighted by atomic mass is 10.0. The van der Waals surface area contributed by atoms with Crippen LogP contribution in [0.15, 0.2) is 24.3 Å². The Bertz CT molecular complexity index is 763. The molecule has 8 nitrogen and oxygen atoms in total. The number of ether oxygens (including phenoxy) is 3. The van der Waals surface area contributed by atoms with Gasteiger partial charge in [-0.25, -0.2) is 4.79 Å². The monoisotopic (exact) mass is 655 g/mol. The molecule has 2 N–H and O–H groups in total. The summed E-state index contributed by atoms with van der Waals surface area (Å²) in [6.45, 7) is 2.58. The van der Waals surface area contributed by atoms with E-state index in [1.54, 1.807) is 0 Å². The van der Waals surface area contributed by atoms with Crippen LogP contribution in [0.3, 0.4) is 0 Å². The van der Waals surface area contributed by atoms with Crippen LogP contribution in [0.2, 0.25) is 0 Å². The zero-order valence-corrected chi connectivity index (χ0v) is 30.2. The second-order valence-electron chi connectivity index (χ2n) is 13.7. The van der Waals surface area contributed by atoms with Gasteiger partial charge in [-0.2, -0.15) is 0 Å². The smallest absolute Gasteiger partial charge is 0.361 e. The van der Waals surface area contributed by atoms with E-state index in [1.165, 1.54) is 109 Å². The van der Waals surface area contributed by atoms with Crippen molar-refractivity contribution >= 4 is 11.9 Å². The molecule has 0 spiro atoms. The molecule has 0 aliphatic heterocycles. The minimum absolute atomic E-state index is 0.211. The summed E-state index contributed by atoms with van der Waals surface area (Å²) in [6, 6.07) is 0. The number of carbonyl (C=O) groups excluding carboxylic acids is 1. The average Bonchev–Trinajstić information content (AvgIpc) is 3.00. The van der Waals surface area contributed by atoms with Gasteiger partial charge in [0, 0.05) is 6.42 Å². The highest BCUT2D eigenvalue weighted by atomic mass is 16.7. The number of nitrogens with zero attached hydrogens (tertiary/aromatic N) is 1. The molecule has 0 saturated carbocycles. The summed E-state index contributed by atoms with van der Waals surface area (Å²) in [5.74, 6) is -1.61. The van der Waals surface area contributed by atoms with Crippen LogP contribution in [0.25, 0.3) is 0 Å². The van der Waals surface area contributed by atoms with Crippen LogP contribution in [0.1, 0.15) is 148 Å². The Kier molecular flexibility index (Phi) is 30.6. The minimum atomic E-state index is -1.46. The lowest BCUT2D eigenvalue weighted by Crippen LogP contribution is -2.40. The summed E-state index contributed by atoms with van der Waals surface area (Å²) < 4.78 is 16.2. The number of esters is 1. The number of unbranched alkanes of at least 4 members (excludes halogenated alkanes) is 18. The molecule has 0 aliphatic rings. The van der Waals surface area contributed by atoms with E-state index in [0.29, 0.717) is 17.4 Å². The molecule has 0 fully saturated rings. The molecule has 0 aromatic rings. The van der Waals surface area contributed by atoms with Gasteiger partial charge in [0.1, 0.15) is 19.3 Å². The first-order valence-electron chi connectivity index (χ1n) is 18.6. The Labute approximate surface area is 282 Å². The molecule has 0 bridgehead atoms. The van der Waals surface area contributed by atoms with Gasteiger partial charge in [-0.3, -0.25) is 4.79 Å². The highest BCUT2D eigenvalue weighted by Gasteiger charge is 2.22. The fraction of sp³-hybridized carbons (Fsp3) is 0.842. The Morgan fingerprint density at radius 1 is 0.652 bits per heavy atom. The Balaban J connectivity index is 3.49. The van der Waals surface area contributed by atoms with Crippen LogP contribution < -0.4 is 0 Å². The zero-order chi connectivity index (χ0) is 34.1. The maximum atomic E-state index is 12.0. The molecule has 0 heterocycles. The van der Waals surface area contributed by atoms with Crippen molar-refractivity contribution in [3.63, 3.8) is 0 Å². The van der Waals surface area contributed by atoms with Crippen molar-refractivity contribution in [3.8, 4) is 0 Å². The predicted octanol–water partition coefficient (Wildman–Crippen LogP) is 8.76. The maximum Gasteiger partial charge on any atom is 0.361 e. The molecule has 0 aromatic heterocycles. The summed E-state index contributed by atoms with van der Waals surface area (Å²) in [6.07, 6.45) is 33.5. The maximum absolute atomic E-state index is 12.0. The van der Waals surface area contributed by atoms with Gasteiger partial charge < -0.3 is 28.9 Å². The number of carboxylic acids is 1. The minimum Gasteiger partial charge on any atom is -0.477 e. The third kappa shape index (κ3) is 33.6. The third-order valence-corrected chi connectivity index (χ3v) is 7.94. The number of carbonyl (C=O) groups is 2. The third-order valence-electron chi connectivity index (χ3n) is 7.94. The molecule has 46 heavy (non-hydrogen) atoms. The van der Waals surface area contributed by atoms with E-state index in [9.17, 15) is 19.8 Å². The first-order chi connectivity index (χ1) is 22.2. The number of aliphatic carboxylic acids is 1. The number of aliphatic hydroxyl groups excluding tert-OH is 1. The number of quaternary nitrogens is 1. The van der Waals surface area contributed by atoms with Crippen molar-refractivity contribution in [2.24, 2.45) is 0 Å². The van der Waals surface area contributed by atoms with Gasteiger partial charge in [-0.15, -0.1) is 0 Å². The predicted molar refractivity (Wildman–Crippen MR) is 189 cm³/mol. The van der Waals surface area contributed by atoms with Crippen molar-refractivity contribution in [2.45, 2.75) is 161 Å². The second kappa shape index (κ2) is 31.8. The van der Waals surface area contributed by atoms with Crippen LogP contribution in [0.5, 0.6) is 0 Å². The van der Waals surface area contributed by atoms with Crippen LogP contribution in [0.4, 0.5) is 0 Å². The van der Waals surface area contributed by atoms with E-state index in [4.69, 9.17) is 14.2 Å². The highest BCUT2D eigenvalue weighted by molar-refractivity contribution is 5.70. The summed E-state index contributed by atoms with van der Waals surface area (Å²) in [5.41, 5.74) is 0. The Morgan fingerprint density at radius 3 is 1.61 bits per heavy atom. The Morgan fingerprint density at radius 2 is 1.13 bits per heavy atom. The largest absolute Gasteiger partial charge is 0.477 e. The van der Waals surface area contributed by atoms with E-state index in [2.05, 4.69) is 31.2 Å². The van der Waals surface area contributed by atoms with Crippen LogP contribution in [0, 0.1) is 0 Å². The molecule has 0 aromatic carbocycles. The lowest BCUT2D eigenvalue weighted by Gasteiger charge is -2.24. The fourth-order valence-electron chi connectivity index (χ4n) is 4.98. The van der Waals surface area contributed by atoms with Gasteiger partial charge in [-0.1, -0.05) is 128 Å². The summed E-state index contributed by atoms with van der Waals surface area (Å²) in [5, 5.41) is 19.2. The van der Waals surface area contributed by atoms with E-state index in [-0.39, 0.29) is 25.8 Å². The van der Waals surface area contributed by atoms with Gasteiger partial charge in [0.15, 0.2) is 0 Å². The molecule has 0 amide bonds. The first kappa shape index (κ1) is 44.3.